The fraction of sp³-hybridized carbons (Fsp3) is 0.214. The first-order valence-electron chi connectivity index (χ1n) is 11.8. The lowest BCUT2D eigenvalue weighted by Gasteiger charge is -2.00. The molecule has 2 aromatic carbocycles. The van der Waals surface area contributed by atoms with Crippen LogP contribution in [0.25, 0.3) is 43.6 Å². The van der Waals surface area contributed by atoms with Gasteiger partial charge in [-0.25, -0.2) is 9.13 Å². The Balaban J connectivity index is 0.00000152. The molecule has 6 aromatic rings. The van der Waals surface area contributed by atoms with E-state index in [1.54, 1.807) is 0 Å². The molecule has 0 bridgehead atoms. The standard InChI is InChI=1S/C28H24Cl2N4.2ClH/c29-19-5-7-25-23(15-19)21-9-13-33(17-27(21)31-25)11-3-1-2-4-12-34-14-10-22-24-16-20(30)6-8-26(24)32-28(22)18-34;;/h5-10,13-18H,1-4,11-12H2;2*1H. The number of halogens is 4. The van der Waals surface area contributed by atoms with E-state index in [-0.39, 0.29) is 24.8 Å². The first-order chi connectivity index (χ1) is 16.6. The van der Waals surface area contributed by atoms with Gasteiger partial charge in [0, 0.05) is 67.6 Å². The lowest BCUT2D eigenvalue weighted by molar-refractivity contribution is -0.697. The van der Waals surface area contributed by atoms with Gasteiger partial charge in [-0.2, -0.15) is 0 Å². The van der Waals surface area contributed by atoms with Crippen molar-refractivity contribution in [2.75, 3.05) is 0 Å². The Kier molecular flexibility index (Phi) is 8.31. The minimum atomic E-state index is 0. The van der Waals surface area contributed by atoms with Crippen LogP contribution in [0.4, 0.5) is 0 Å². The first-order valence-corrected chi connectivity index (χ1v) is 12.6. The molecule has 0 saturated carbocycles. The summed E-state index contributed by atoms with van der Waals surface area (Å²) in [5.74, 6) is 0. The van der Waals surface area contributed by atoms with Gasteiger partial charge < -0.3 is 34.8 Å². The van der Waals surface area contributed by atoms with Crippen molar-refractivity contribution in [1.29, 1.82) is 0 Å². The van der Waals surface area contributed by atoms with Gasteiger partial charge in [0.25, 0.3) is 0 Å². The van der Waals surface area contributed by atoms with Gasteiger partial charge >= 0.3 is 0 Å². The van der Waals surface area contributed by atoms with Crippen LogP contribution in [0.15, 0.2) is 73.3 Å². The molecule has 6 rings (SSSR count). The molecule has 4 aromatic heterocycles. The Morgan fingerprint density at radius 2 is 0.972 bits per heavy atom. The third-order valence-electron chi connectivity index (χ3n) is 6.70. The number of aromatic amines is 2. The summed E-state index contributed by atoms with van der Waals surface area (Å²) in [6.45, 7) is 2.06. The Morgan fingerprint density at radius 1 is 0.528 bits per heavy atom. The van der Waals surface area contributed by atoms with E-state index in [2.05, 4.69) is 56.0 Å². The number of benzene rings is 2. The van der Waals surface area contributed by atoms with Crippen molar-refractivity contribution in [1.82, 2.24) is 9.97 Å². The number of rotatable bonds is 7. The minimum Gasteiger partial charge on any atom is -1.00 e. The first kappa shape index (κ1) is 26.6. The molecule has 0 amide bonds. The molecule has 0 unspecified atom stereocenters. The molecular formula is C28H26Cl4N4. The highest BCUT2D eigenvalue weighted by Gasteiger charge is 2.11. The van der Waals surface area contributed by atoms with E-state index < -0.39 is 0 Å². The van der Waals surface area contributed by atoms with Crippen LogP contribution in [0.5, 0.6) is 0 Å². The molecule has 2 N–H and O–H groups in total. The molecule has 0 aliphatic rings. The van der Waals surface area contributed by atoms with Gasteiger partial charge in [0.2, 0.25) is 0 Å². The molecule has 8 heteroatoms. The van der Waals surface area contributed by atoms with Crippen LogP contribution < -0.4 is 33.9 Å². The van der Waals surface area contributed by atoms with Crippen molar-refractivity contribution in [3.05, 3.63) is 83.4 Å². The van der Waals surface area contributed by atoms with Crippen molar-refractivity contribution < 1.29 is 33.9 Å². The van der Waals surface area contributed by atoms with Gasteiger partial charge in [-0.3, -0.25) is 0 Å². The normalized spacial score (nSPS) is 11.3. The SMILES string of the molecule is Clc1ccc2[nH]c3c[n+](CCCCCC[n+]4ccc5c(c4)[nH]c4ccc(Cl)cc45)ccc3c2c1.[Cl-].[Cl-]. The van der Waals surface area contributed by atoms with E-state index in [1.807, 2.05) is 36.4 Å². The molecule has 0 fully saturated rings. The second kappa shape index (κ2) is 11.3. The lowest BCUT2D eigenvalue weighted by Crippen LogP contribution is -3.00. The average Bonchev–Trinajstić information content (AvgIpc) is 3.38. The van der Waals surface area contributed by atoms with Crippen molar-refractivity contribution in [2.45, 2.75) is 38.8 Å². The topological polar surface area (TPSA) is 39.3 Å². The number of nitrogens with one attached hydrogen (secondary N) is 2. The van der Waals surface area contributed by atoms with Gasteiger partial charge in [0.1, 0.15) is 24.1 Å². The van der Waals surface area contributed by atoms with Gasteiger partial charge in [0.15, 0.2) is 24.8 Å². The van der Waals surface area contributed by atoms with Crippen molar-refractivity contribution in [3.8, 4) is 0 Å². The Labute approximate surface area is 232 Å². The molecule has 0 aliphatic carbocycles. The van der Waals surface area contributed by atoms with Crippen molar-refractivity contribution in [3.63, 3.8) is 0 Å². The highest BCUT2D eigenvalue weighted by Crippen LogP contribution is 2.27. The molecular weight excluding hydrogens is 534 g/mol. The maximum absolute atomic E-state index is 6.18. The maximum atomic E-state index is 6.18. The molecule has 0 aliphatic heterocycles. The Morgan fingerprint density at radius 3 is 1.42 bits per heavy atom. The van der Waals surface area contributed by atoms with Crippen LogP contribution in [0, 0.1) is 0 Å². The Hall–Kier alpha value is -2.50. The number of aromatic nitrogens is 4. The number of hydrogen-bond donors (Lipinski definition) is 2. The summed E-state index contributed by atoms with van der Waals surface area (Å²) in [7, 11) is 0. The molecule has 4 nitrogen and oxygen atoms in total. The average molecular weight is 560 g/mol. The molecule has 0 spiro atoms. The molecule has 0 radical (unpaired) electrons. The van der Waals surface area contributed by atoms with E-state index >= 15 is 0 Å². The van der Waals surface area contributed by atoms with Crippen molar-refractivity contribution in [2.24, 2.45) is 0 Å². The molecule has 36 heavy (non-hydrogen) atoms. The zero-order chi connectivity index (χ0) is 23.1. The summed E-state index contributed by atoms with van der Waals surface area (Å²) in [5, 5.41) is 6.36. The maximum Gasteiger partial charge on any atom is 0.193 e. The minimum absolute atomic E-state index is 0. The zero-order valence-electron chi connectivity index (χ0n) is 19.6. The van der Waals surface area contributed by atoms with E-state index in [0.717, 1.165) is 45.2 Å². The van der Waals surface area contributed by atoms with Crippen LogP contribution in [-0.4, -0.2) is 9.97 Å². The second-order valence-electron chi connectivity index (χ2n) is 9.06. The van der Waals surface area contributed by atoms with Crippen LogP contribution >= 0.6 is 23.2 Å². The van der Waals surface area contributed by atoms with Gasteiger partial charge in [0.05, 0.1) is 0 Å². The molecule has 0 atom stereocenters. The van der Waals surface area contributed by atoms with Gasteiger partial charge in [-0.1, -0.05) is 23.2 Å². The van der Waals surface area contributed by atoms with E-state index in [0.29, 0.717) is 0 Å². The predicted molar refractivity (Wildman–Crippen MR) is 140 cm³/mol. The Bertz CT molecular complexity index is 1530. The number of fused-ring (bicyclic) bond motifs is 6. The molecule has 186 valence electrons. The number of pyridine rings is 2. The highest BCUT2D eigenvalue weighted by atomic mass is 35.5. The number of hydrogen-bond acceptors (Lipinski definition) is 0. The monoisotopic (exact) mass is 558 g/mol. The number of aryl methyl sites for hydroxylation is 2. The number of unbranched alkanes of at least 4 members (excludes halogenated alkanes) is 3. The summed E-state index contributed by atoms with van der Waals surface area (Å²) in [6, 6.07) is 16.4. The predicted octanol–water partition coefficient (Wildman–Crippen LogP) is 1.11. The summed E-state index contributed by atoms with van der Waals surface area (Å²) >= 11 is 12.4. The quantitative estimate of drug-likeness (QED) is 0.217. The second-order valence-corrected chi connectivity index (χ2v) is 9.94. The fourth-order valence-corrected chi connectivity index (χ4v) is 5.30. The third kappa shape index (κ3) is 5.28. The molecule has 4 heterocycles. The molecule has 0 saturated heterocycles. The van der Waals surface area contributed by atoms with E-state index in [9.17, 15) is 0 Å². The van der Waals surface area contributed by atoms with Gasteiger partial charge in [-0.05, 0) is 49.2 Å². The largest absolute Gasteiger partial charge is 1.00 e. The van der Waals surface area contributed by atoms with Gasteiger partial charge in [-0.15, -0.1) is 0 Å². The van der Waals surface area contributed by atoms with Crippen molar-refractivity contribution >= 4 is 66.8 Å². The summed E-state index contributed by atoms with van der Waals surface area (Å²) in [6.07, 6.45) is 13.6. The highest BCUT2D eigenvalue weighted by molar-refractivity contribution is 6.32. The lowest BCUT2D eigenvalue weighted by atomic mass is 10.1. The summed E-state index contributed by atoms with van der Waals surface area (Å²) < 4.78 is 4.56. The zero-order valence-corrected chi connectivity index (χ0v) is 22.6. The number of H-pyrrole nitrogens is 2. The number of nitrogens with zero attached hydrogens (tertiary/aromatic N) is 2. The summed E-state index contributed by atoms with van der Waals surface area (Å²) in [5.41, 5.74) is 4.57. The van der Waals surface area contributed by atoms with Crippen LogP contribution in [0.3, 0.4) is 0 Å². The van der Waals surface area contributed by atoms with Crippen LogP contribution in [-0.2, 0) is 13.1 Å². The van der Waals surface area contributed by atoms with E-state index in [4.69, 9.17) is 23.2 Å². The smallest absolute Gasteiger partial charge is 0.193 e. The van der Waals surface area contributed by atoms with E-state index in [1.165, 1.54) is 47.2 Å². The van der Waals surface area contributed by atoms with Crippen LogP contribution in [0.2, 0.25) is 10.0 Å². The third-order valence-corrected chi connectivity index (χ3v) is 7.17. The van der Waals surface area contributed by atoms with Crippen LogP contribution in [0.1, 0.15) is 25.7 Å². The summed E-state index contributed by atoms with van der Waals surface area (Å²) in [4.78, 5) is 7.01. The fourth-order valence-electron chi connectivity index (χ4n) is 4.95.